The maximum absolute atomic E-state index is 12.9. The van der Waals surface area contributed by atoms with Gasteiger partial charge in [0, 0.05) is 30.3 Å². The first-order chi connectivity index (χ1) is 12.2. The number of nitrogens with zero attached hydrogens (tertiary/aromatic N) is 1. The third-order valence-corrected chi connectivity index (χ3v) is 4.89. The number of carbonyl (C=O) groups is 1. The summed E-state index contributed by atoms with van der Waals surface area (Å²) in [6.45, 7) is 1.85. The lowest BCUT2D eigenvalue weighted by molar-refractivity contribution is -0.121. The minimum atomic E-state index is -0.296. The van der Waals surface area contributed by atoms with E-state index in [0.717, 1.165) is 10.6 Å². The Balaban J connectivity index is 0.00000243. The molecule has 2 N–H and O–H groups in total. The molecule has 2 aromatic rings. The molecule has 26 heavy (non-hydrogen) atoms. The fourth-order valence-corrected chi connectivity index (χ4v) is 3.34. The molecule has 2 heterocycles. The first kappa shape index (κ1) is 20.5. The zero-order valence-corrected chi connectivity index (χ0v) is 16.2. The number of carbonyl (C=O) groups excluding carboxylic acids is 1. The van der Waals surface area contributed by atoms with E-state index in [1.807, 2.05) is 35.7 Å². The number of halogens is 1. The van der Waals surface area contributed by atoms with Crippen molar-refractivity contribution in [3.63, 3.8) is 0 Å². The number of fused-ring (bicyclic) bond motifs is 1. The molecule has 0 bridgehead atoms. The molecule has 1 atom stereocenters. The van der Waals surface area contributed by atoms with Gasteiger partial charge in [0.05, 0.1) is 19.1 Å². The summed E-state index contributed by atoms with van der Waals surface area (Å²) in [5.41, 5.74) is 6.44. The van der Waals surface area contributed by atoms with Gasteiger partial charge in [0.2, 0.25) is 5.91 Å². The highest BCUT2D eigenvalue weighted by molar-refractivity contribution is 7.09. The summed E-state index contributed by atoms with van der Waals surface area (Å²) in [6, 6.07) is 9.56. The van der Waals surface area contributed by atoms with Crippen LogP contribution < -0.4 is 20.1 Å². The third kappa shape index (κ3) is 4.88. The van der Waals surface area contributed by atoms with Crippen molar-refractivity contribution < 1.29 is 19.0 Å². The van der Waals surface area contributed by atoms with Crippen LogP contribution in [0.1, 0.15) is 11.3 Å². The Morgan fingerprint density at radius 2 is 2.08 bits per heavy atom. The minimum absolute atomic E-state index is 0. The van der Waals surface area contributed by atoms with Gasteiger partial charge in [-0.3, -0.25) is 4.79 Å². The van der Waals surface area contributed by atoms with E-state index < -0.39 is 0 Å². The van der Waals surface area contributed by atoms with Gasteiger partial charge in [0.15, 0.2) is 11.5 Å². The van der Waals surface area contributed by atoms with Crippen LogP contribution in [0.5, 0.6) is 11.5 Å². The van der Waals surface area contributed by atoms with Crippen LogP contribution in [0.3, 0.4) is 0 Å². The number of benzene rings is 1. The normalized spacial score (nSPS) is 13.6. The molecule has 0 aliphatic carbocycles. The molecule has 1 aromatic heterocycles. The van der Waals surface area contributed by atoms with Crippen molar-refractivity contribution in [2.45, 2.75) is 19.1 Å². The smallest absolute Gasteiger partial charge is 0.229 e. The number of nitrogens with two attached hydrogens (primary N) is 1. The molecule has 142 valence electrons. The largest absolute Gasteiger partial charge is 0.486 e. The molecule has 1 aliphatic rings. The SMILES string of the molecule is COC(CN)CC(=O)N(Cc1cccs1)c1ccc2c(c1)OCCO2.Cl. The van der Waals surface area contributed by atoms with Crippen LogP contribution in [0.25, 0.3) is 0 Å². The van der Waals surface area contributed by atoms with Crippen molar-refractivity contribution in [3.8, 4) is 11.5 Å². The summed E-state index contributed by atoms with van der Waals surface area (Å²) in [5, 5.41) is 2.00. The minimum Gasteiger partial charge on any atom is -0.486 e. The third-order valence-electron chi connectivity index (χ3n) is 4.03. The number of hydrogen-bond acceptors (Lipinski definition) is 6. The molecule has 3 rings (SSSR count). The Morgan fingerprint density at radius 3 is 2.73 bits per heavy atom. The topological polar surface area (TPSA) is 74.0 Å². The van der Waals surface area contributed by atoms with E-state index in [4.69, 9.17) is 19.9 Å². The van der Waals surface area contributed by atoms with Crippen molar-refractivity contribution in [1.82, 2.24) is 0 Å². The molecule has 0 saturated carbocycles. The van der Waals surface area contributed by atoms with E-state index in [0.29, 0.717) is 37.8 Å². The molecule has 0 saturated heterocycles. The fraction of sp³-hybridized carbons (Fsp3) is 0.389. The number of ether oxygens (including phenoxy) is 3. The Hall–Kier alpha value is -1.80. The molecule has 0 spiro atoms. The molecular weight excluding hydrogens is 376 g/mol. The molecule has 6 nitrogen and oxygen atoms in total. The van der Waals surface area contributed by atoms with E-state index in [9.17, 15) is 4.79 Å². The lowest BCUT2D eigenvalue weighted by atomic mass is 10.2. The molecule has 1 aromatic carbocycles. The average molecular weight is 399 g/mol. The van der Waals surface area contributed by atoms with Crippen LogP contribution in [0, 0.1) is 0 Å². The Morgan fingerprint density at radius 1 is 1.31 bits per heavy atom. The van der Waals surface area contributed by atoms with Gasteiger partial charge in [0.25, 0.3) is 0 Å². The van der Waals surface area contributed by atoms with E-state index in [1.165, 1.54) is 0 Å². The Bertz CT molecular complexity index is 707. The van der Waals surface area contributed by atoms with Gasteiger partial charge in [-0.25, -0.2) is 0 Å². The summed E-state index contributed by atoms with van der Waals surface area (Å²) in [4.78, 5) is 15.7. The molecular formula is C18H23ClN2O4S. The van der Waals surface area contributed by atoms with Gasteiger partial charge in [-0.05, 0) is 23.6 Å². The molecule has 0 radical (unpaired) electrons. The Labute approximate surface area is 163 Å². The number of rotatable bonds is 7. The second kappa shape index (κ2) is 9.78. The number of methoxy groups -OCH3 is 1. The maximum Gasteiger partial charge on any atom is 0.229 e. The summed E-state index contributed by atoms with van der Waals surface area (Å²) in [6.07, 6.45) is -0.0668. The predicted octanol–water partition coefficient (Wildman–Crippen LogP) is 2.84. The summed E-state index contributed by atoms with van der Waals surface area (Å²) in [7, 11) is 1.57. The second-order valence-corrected chi connectivity index (χ2v) is 6.72. The molecule has 1 aliphatic heterocycles. The van der Waals surface area contributed by atoms with Crippen molar-refractivity contribution in [2.75, 3.05) is 31.8 Å². The van der Waals surface area contributed by atoms with E-state index >= 15 is 0 Å². The summed E-state index contributed by atoms with van der Waals surface area (Å²) < 4.78 is 16.5. The average Bonchev–Trinajstić information content (AvgIpc) is 3.17. The highest BCUT2D eigenvalue weighted by Crippen LogP contribution is 2.35. The van der Waals surface area contributed by atoms with Gasteiger partial charge in [-0.1, -0.05) is 6.07 Å². The quantitative estimate of drug-likeness (QED) is 0.776. The fourth-order valence-electron chi connectivity index (χ4n) is 2.65. The number of hydrogen-bond donors (Lipinski definition) is 1. The second-order valence-electron chi connectivity index (χ2n) is 5.68. The lowest BCUT2D eigenvalue weighted by Crippen LogP contribution is -2.35. The van der Waals surface area contributed by atoms with Gasteiger partial charge in [-0.15, -0.1) is 23.7 Å². The van der Waals surface area contributed by atoms with Gasteiger partial charge < -0.3 is 24.8 Å². The van der Waals surface area contributed by atoms with Crippen LogP contribution in [0.4, 0.5) is 5.69 Å². The predicted molar refractivity (Wildman–Crippen MR) is 105 cm³/mol. The van der Waals surface area contributed by atoms with Crippen molar-refractivity contribution >= 4 is 35.3 Å². The zero-order chi connectivity index (χ0) is 17.6. The summed E-state index contributed by atoms with van der Waals surface area (Å²) >= 11 is 1.62. The first-order valence-corrected chi connectivity index (χ1v) is 9.04. The van der Waals surface area contributed by atoms with Gasteiger partial charge in [-0.2, -0.15) is 0 Å². The zero-order valence-electron chi connectivity index (χ0n) is 14.6. The number of thiophene rings is 1. The first-order valence-electron chi connectivity index (χ1n) is 8.16. The maximum atomic E-state index is 12.9. The van der Waals surface area contributed by atoms with Gasteiger partial charge >= 0.3 is 0 Å². The molecule has 1 unspecified atom stereocenters. The van der Waals surface area contributed by atoms with Crippen molar-refractivity contribution in [3.05, 3.63) is 40.6 Å². The van der Waals surface area contributed by atoms with E-state index in [-0.39, 0.29) is 30.8 Å². The van der Waals surface area contributed by atoms with Gasteiger partial charge in [0.1, 0.15) is 13.2 Å². The van der Waals surface area contributed by atoms with Crippen LogP contribution in [0.15, 0.2) is 35.7 Å². The van der Waals surface area contributed by atoms with Crippen molar-refractivity contribution in [2.24, 2.45) is 5.73 Å². The van der Waals surface area contributed by atoms with Crippen LogP contribution in [0.2, 0.25) is 0 Å². The highest BCUT2D eigenvalue weighted by Gasteiger charge is 2.22. The van der Waals surface area contributed by atoms with Crippen LogP contribution >= 0.6 is 23.7 Å². The van der Waals surface area contributed by atoms with Crippen LogP contribution in [-0.2, 0) is 16.1 Å². The standard InChI is InChI=1S/C18H22N2O4S.ClH/c1-22-14(11-19)10-18(21)20(12-15-3-2-8-25-15)13-4-5-16-17(9-13)24-7-6-23-16;/h2-5,8-9,14H,6-7,10-12,19H2,1H3;1H. The molecule has 8 heteroatoms. The summed E-state index contributed by atoms with van der Waals surface area (Å²) in [5.74, 6) is 1.33. The molecule has 1 amide bonds. The Kier molecular flexibility index (Phi) is 7.71. The lowest BCUT2D eigenvalue weighted by Gasteiger charge is -2.26. The number of amides is 1. The van der Waals surface area contributed by atoms with Crippen molar-refractivity contribution in [1.29, 1.82) is 0 Å². The van der Waals surface area contributed by atoms with Crippen LogP contribution in [-0.4, -0.2) is 38.9 Å². The molecule has 0 fully saturated rings. The van der Waals surface area contributed by atoms with E-state index in [2.05, 4.69) is 0 Å². The number of anilines is 1. The highest BCUT2D eigenvalue weighted by atomic mass is 35.5. The monoisotopic (exact) mass is 398 g/mol. The van der Waals surface area contributed by atoms with E-state index in [1.54, 1.807) is 23.3 Å².